The van der Waals surface area contributed by atoms with Gasteiger partial charge in [0, 0.05) is 21.6 Å². The summed E-state index contributed by atoms with van der Waals surface area (Å²) in [5, 5.41) is 0.535. The summed E-state index contributed by atoms with van der Waals surface area (Å²) in [6.45, 7) is 2.97. The Labute approximate surface area is 130 Å². The third-order valence-electron chi connectivity index (χ3n) is 3.05. The van der Waals surface area contributed by atoms with Gasteiger partial charge < -0.3 is 9.64 Å². The van der Waals surface area contributed by atoms with Crippen molar-refractivity contribution in [3.8, 4) is 0 Å². The molecule has 1 aliphatic rings. The molecular weight excluding hydrogens is 353 g/mol. The minimum atomic E-state index is -0.107. The minimum absolute atomic E-state index is 0.0322. The van der Waals surface area contributed by atoms with E-state index in [0.29, 0.717) is 29.6 Å². The van der Waals surface area contributed by atoms with Crippen LogP contribution < -0.4 is 0 Å². The molecule has 2 rings (SSSR count). The van der Waals surface area contributed by atoms with Gasteiger partial charge in [-0.25, -0.2) is 0 Å². The second kappa shape index (κ2) is 6.44. The van der Waals surface area contributed by atoms with Crippen LogP contribution in [0.25, 0.3) is 0 Å². The summed E-state index contributed by atoms with van der Waals surface area (Å²) >= 11 is 15.1. The Morgan fingerprint density at radius 2 is 2.26 bits per heavy atom. The fourth-order valence-corrected chi connectivity index (χ4v) is 3.08. The largest absolute Gasteiger partial charge is 0.373 e. The van der Waals surface area contributed by atoms with Crippen LogP contribution in [0.2, 0.25) is 5.02 Å². The van der Waals surface area contributed by atoms with E-state index in [1.165, 1.54) is 0 Å². The molecule has 0 spiro atoms. The second-order valence-electron chi connectivity index (χ2n) is 4.57. The Hall–Kier alpha value is -0.290. The van der Waals surface area contributed by atoms with Gasteiger partial charge >= 0.3 is 0 Å². The Morgan fingerprint density at radius 1 is 1.53 bits per heavy atom. The van der Waals surface area contributed by atoms with E-state index in [2.05, 4.69) is 15.9 Å². The lowest BCUT2D eigenvalue weighted by Crippen LogP contribution is -2.51. The summed E-state index contributed by atoms with van der Waals surface area (Å²) in [7, 11) is 0. The third kappa shape index (κ3) is 3.63. The van der Waals surface area contributed by atoms with Crippen molar-refractivity contribution in [2.45, 2.75) is 19.1 Å². The van der Waals surface area contributed by atoms with E-state index in [0.717, 1.165) is 4.47 Å². The summed E-state index contributed by atoms with van der Waals surface area (Å²) in [6.07, 6.45) is -0.107. The summed E-state index contributed by atoms with van der Waals surface area (Å²) in [6, 6.07) is 5.23. The highest BCUT2D eigenvalue weighted by Gasteiger charge is 2.30. The number of carbonyl (C=O) groups is 1. The van der Waals surface area contributed by atoms with E-state index in [1.807, 2.05) is 6.92 Å². The first-order chi connectivity index (χ1) is 9.01. The van der Waals surface area contributed by atoms with Crippen molar-refractivity contribution >= 4 is 45.0 Å². The van der Waals surface area contributed by atoms with Crippen molar-refractivity contribution in [3.63, 3.8) is 0 Å². The molecule has 2 atom stereocenters. The number of rotatable bonds is 2. The summed E-state index contributed by atoms with van der Waals surface area (Å²) in [5.41, 5.74) is 0.571. The molecule has 3 nitrogen and oxygen atoms in total. The molecule has 0 bridgehead atoms. The van der Waals surface area contributed by atoms with E-state index >= 15 is 0 Å². The molecular formula is C13H14BrCl2NO2. The van der Waals surface area contributed by atoms with Gasteiger partial charge in [0.05, 0.1) is 24.6 Å². The van der Waals surface area contributed by atoms with Crippen LogP contribution >= 0.6 is 39.1 Å². The number of nitrogens with zero attached hydrogens (tertiary/aromatic N) is 1. The molecule has 1 aromatic rings. The maximum atomic E-state index is 12.5. The number of hydrogen-bond acceptors (Lipinski definition) is 2. The van der Waals surface area contributed by atoms with E-state index in [9.17, 15) is 4.79 Å². The van der Waals surface area contributed by atoms with Gasteiger partial charge in [-0.15, -0.1) is 11.6 Å². The van der Waals surface area contributed by atoms with Crippen molar-refractivity contribution in [1.82, 2.24) is 4.90 Å². The maximum Gasteiger partial charge on any atom is 0.254 e. The number of halogens is 3. The monoisotopic (exact) mass is 365 g/mol. The zero-order valence-corrected chi connectivity index (χ0v) is 13.5. The maximum absolute atomic E-state index is 12.5. The third-order valence-corrected chi connectivity index (χ3v) is 4.07. The van der Waals surface area contributed by atoms with Crippen molar-refractivity contribution < 1.29 is 9.53 Å². The predicted octanol–water partition coefficient (Wildman–Crippen LogP) is 3.57. The van der Waals surface area contributed by atoms with Gasteiger partial charge in [0.1, 0.15) is 0 Å². The topological polar surface area (TPSA) is 29.5 Å². The smallest absolute Gasteiger partial charge is 0.254 e. The molecule has 19 heavy (non-hydrogen) atoms. The average molecular weight is 367 g/mol. The average Bonchev–Trinajstić information content (AvgIpc) is 2.37. The van der Waals surface area contributed by atoms with Crippen LogP contribution in [-0.4, -0.2) is 42.0 Å². The molecule has 1 fully saturated rings. The van der Waals surface area contributed by atoms with Gasteiger partial charge in [-0.2, -0.15) is 0 Å². The first kappa shape index (κ1) is 15.1. The summed E-state index contributed by atoms with van der Waals surface area (Å²) in [4.78, 5) is 14.3. The number of amides is 1. The Morgan fingerprint density at radius 3 is 2.89 bits per heavy atom. The normalized spacial score (nSPS) is 23.5. The zero-order chi connectivity index (χ0) is 14.0. The van der Waals surface area contributed by atoms with Crippen LogP contribution in [0.3, 0.4) is 0 Å². The highest BCUT2D eigenvalue weighted by atomic mass is 79.9. The van der Waals surface area contributed by atoms with Crippen molar-refractivity contribution in [1.29, 1.82) is 0 Å². The van der Waals surface area contributed by atoms with E-state index in [1.54, 1.807) is 23.1 Å². The summed E-state index contributed by atoms with van der Waals surface area (Å²) in [5.74, 6) is 0.338. The van der Waals surface area contributed by atoms with Gasteiger partial charge in [0.25, 0.3) is 5.91 Å². The van der Waals surface area contributed by atoms with Crippen molar-refractivity contribution in [2.75, 3.05) is 19.0 Å². The highest BCUT2D eigenvalue weighted by Crippen LogP contribution is 2.23. The van der Waals surface area contributed by atoms with Crippen LogP contribution in [0.5, 0.6) is 0 Å². The first-order valence-corrected chi connectivity index (χ1v) is 7.66. The molecule has 0 aliphatic carbocycles. The van der Waals surface area contributed by atoms with Gasteiger partial charge in [-0.05, 0) is 25.1 Å². The van der Waals surface area contributed by atoms with E-state index in [4.69, 9.17) is 27.9 Å². The van der Waals surface area contributed by atoms with E-state index < -0.39 is 0 Å². The molecule has 1 aliphatic heterocycles. The molecule has 2 unspecified atom stereocenters. The highest BCUT2D eigenvalue weighted by molar-refractivity contribution is 9.10. The quantitative estimate of drug-likeness (QED) is 0.749. The standard InChI is InChI=1S/C13H14BrCl2NO2/c1-8-7-19-12(5-15)6-17(8)13(18)9-2-10(14)4-11(16)3-9/h2-4,8,12H,5-7H2,1H3. The van der Waals surface area contributed by atoms with Crippen LogP contribution in [0.15, 0.2) is 22.7 Å². The Bertz CT molecular complexity index is 463. The molecule has 0 N–H and O–H groups in total. The number of alkyl halides is 1. The summed E-state index contributed by atoms with van der Waals surface area (Å²) < 4.78 is 6.33. The molecule has 6 heteroatoms. The lowest BCUT2D eigenvalue weighted by atomic mass is 10.1. The molecule has 1 amide bonds. The number of carbonyl (C=O) groups excluding carboxylic acids is 1. The molecule has 0 aromatic heterocycles. The molecule has 104 valence electrons. The minimum Gasteiger partial charge on any atom is -0.373 e. The van der Waals surface area contributed by atoms with Gasteiger partial charge in [0.2, 0.25) is 0 Å². The van der Waals surface area contributed by atoms with Crippen LogP contribution in [0, 0.1) is 0 Å². The van der Waals surface area contributed by atoms with Gasteiger partial charge in [-0.3, -0.25) is 4.79 Å². The van der Waals surface area contributed by atoms with Crippen molar-refractivity contribution in [3.05, 3.63) is 33.3 Å². The lowest BCUT2D eigenvalue weighted by Gasteiger charge is -2.37. The zero-order valence-electron chi connectivity index (χ0n) is 10.4. The van der Waals surface area contributed by atoms with Crippen LogP contribution in [0.4, 0.5) is 0 Å². The van der Waals surface area contributed by atoms with Crippen LogP contribution in [0.1, 0.15) is 17.3 Å². The molecule has 1 aromatic carbocycles. The van der Waals surface area contributed by atoms with E-state index in [-0.39, 0.29) is 18.1 Å². The molecule has 0 radical (unpaired) electrons. The van der Waals surface area contributed by atoms with Gasteiger partial charge in [0.15, 0.2) is 0 Å². The predicted molar refractivity (Wildman–Crippen MR) is 80.1 cm³/mol. The number of benzene rings is 1. The lowest BCUT2D eigenvalue weighted by molar-refractivity contribution is -0.0371. The van der Waals surface area contributed by atoms with Crippen LogP contribution in [-0.2, 0) is 4.74 Å². The van der Waals surface area contributed by atoms with Gasteiger partial charge in [-0.1, -0.05) is 27.5 Å². The first-order valence-electron chi connectivity index (χ1n) is 5.96. The fraction of sp³-hybridized carbons (Fsp3) is 0.462. The molecule has 1 heterocycles. The fourth-order valence-electron chi connectivity index (χ4n) is 2.04. The molecule has 0 saturated carbocycles. The second-order valence-corrected chi connectivity index (χ2v) is 6.24. The molecule has 1 saturated heterocycles. The Balaban J connectivity index is 2.21. The number of morpholine rings is 1. The SMILES string of the molecule is CC1COC(CCl)CN1C(=O)c1cc(Cl)cc(Br)c1. The number of hydrogen-bond donors (Lipinski definition) is 0. The Kier molecular flexibility index (Phi) is 5.12. The van der Waals surface area contributed by atoms with Crippen molar-refractivity contribution in [2.24, 2.45) is 0 Å². The number of ether oxygens (including phenoxy) is 1.